The molecule has 32 heavy (non-hydrogen) atoms. The van der Waals surface area contributed by atoms with Crippen LogP contribution in [0.4, 0.5) is 11.8 Å². The van der Waals surface area contributed by atoms with Crippen molar-refractivity contribution in [1.29, 1.82) is 5.26 Å². The van der Waals surface area contributed by atoms with E-state index in [1.54, 1.807) is 17.7 Å². The third-order valence-corrected chi connectivity index (χ3v) is 5.04. The van der Waals surface area contributed by atoms with E-state index >= 15 is 0 Å². The van der Waals surface area contributed by atoms with Gasteiger partial charge in [0.05, 0.1) is 23.7 Å². The van der Waals surface area contributed by atoms with Crippen LogP contribution in [0.1, 0.15) is 18.2 Å². The molecule has 0 aliphatic carbocycles. The van der Waals surface area contributed by atoms with Gasteiger partial charge in [0.15, 0.2) is 0 Å². The largest absolute Gasteiger partial charge is 0.497 e. The Labute approximate surface area is 189 Å². The number of fused-ring (bicyclic) bond motifs is 1. The maximum Gasteiger partial charge on any atom is 0.264 e. The Morgan fingerprint density at radius 2 is 1.91 bits per heavy atom. The van der Waals surface area contributed by atoms with E-state index in [-0.39, 0.29) is 22.9 Å². The average molecular weight is 449 g/mol. The summed E-state index contributed by atoms with van der Waals surface area (Å²) in [6.07, 6.45) is 2.04. The molecule has 0 bridgehead atoms. The van der Waals surface area contributed by atoms with Crippen molar-refractivity contribution >= 4 is 34.1 Å². The van der Waals surface area contributed by atoms with E-state index in [4.69, 9.17) is 33.1 Å². The third-order valence-electron chi connectivity index (χ3n) is 4.72. The number of aryl methyl sites for hydroxylation is 1. The minimum atomic E-state index is -0.0925. The molecule has 2 heterocycles. The van der Waals surface area contributed by atoms with Crippen LogP contribution in [0.5, 0.6) is 5.75 Å². The molecule has 0 saturated heterocycles. The number of ether oxygens (including phenoxy) is 1. The fraction of sp³-hybridized carbons (Fsp3) is 0.130. The molecular formula is C23H21ClN6O2. The molecule has 8 nitrogen and oxygen atoms in total. The Hall–Kier alpha value is -4.09. The van der Waals surface area contributed by atoms with Gasteiger partial charge in [0.1, 0.15) is 23.2 Å². The van der Waals surface area contributed by atoms with Crippen LogP contribution in [0.2, 0.25) is 5.02 Å². The van der Waals surface area contributed by atoms with E-state index in [0.29, 0.717) is 10.4 Å². The monoisotopic (exact) mass is 448 g/mol. The van der Waals surface area contributed by atoms with Crippen LogP contribution in [-0.4, -0.2) is 21.6 Å². The van der Waals surface area contributed by atoms with Crippen molar-refractivity contribution in [2.75, 3.05) is 18.6 Å². The Bertz CT molecular complexity index is 1360. The maximum absolute atomic E-state index is 12.9. The van der Waals surface area contributed by atoms with Gasteiger partial charge in [-0.3, -0.25) is 9.36 Å². The summed E-state index contributed by atoms with van der Waals surface area (Å²) < 4.78 is 6.89. The number of nitriles is 1. The molecule has 162 valence electrons. The first kappa shape index (κ1) is 22.6. The summed E-state index contributed by atoms with van der Waals surface area (Å²) in [6.45, 7) is 2.03. The quantitative estimate of drug-likeness (QED) is 0.487. The number of methoxy groups -OCH3 is 1. The SMILES string of the molecule is CCc1cc2cccc(Cl)c2c(=O)n1-c1ccc(OC)cc1.N#Cc1cnc(N)nc1N. The Morgan fingerprint density at radius 3 is 2.50 bits per heavy atom. The van der Waals surface area contributed by atoms with Crippen LogP contribution in [0.3, 0.4) is 0 Å². The molecule has 4 rings (SSSR count). The molecule has 9 heteroatoms. The normalized spacial score (nSPS) is 10.2. The third kappa shape index (κ3) is 4.63. The summed E-state index contributed by atoms with van der Waals surface area (Å²) in [4.78, 5) is 20.1. The molecule has 0 aliphatic rings. The molecule has 4 aromatic rings. The second kappa shape index (κ2) is 9.81. The van der Waals surface area contributed by atoms with E-state index in [2.05, 4.69) is 9.97 Å². The standard InChI is InChI=1S/C18H16ClNO2.C5H5N5/c1-3-13-11-12-5-4-6-16(19)17(12)18(21)20(13)14-7-9-15(22-2)10-8-14;6-1-3-2-9-5(8)10-4(3)7/h4-11H,3H2,1-2H3;2H,(H4,7,8,9,10). The molecule has 0 aliphatic heterocycles. The Kier molecular flexibility index (Phi) is 6.93. The van der Waals surface area contributed by atoms with Crippen LogP contribution < -0.4 is 21.8 Å². The predicted molar refractivity (Wildman–Crippen MR) is 126 cm³/mol. The van der Waals surface area contributed by atoms with Crippen LogP contribution in [0.25, 0.3) is 16.5 Å². The van der Waals surface area contributed by atoms with Gasteiger partial charge < -0.3 is 16.2 Å². The first-order valence-electron chi connectivity index (χ1n) is 9.65. The number of hydrogen-bond donors (Lipinski definition) is 2. The number of nitrogens with zero attached hydrogens (tertiary/aromatic N) is 4. The van der Waals surface area contributed by atoms with Gasteiger partial charge in [0.2, 0.25) is 5.95 Å². The van der Waals surface area contributed by atoms with Crippen molar-refractivity contribution < 1.29 is 4.74 Å². The second-order valence-electron chi connectivity index (χ2n) is 6.67. The van der Waals surface area contributed by atoms with Gasteiger partial charge in [-0.25, -0.2) is 4.98 Å². The van der Waals surface area contributed by atoms with Gasteiger partial charge >= 0.3 is 0 Å². The Balaban J connectivity index is 0.000000243. The smallest absolute Gasteiger partial charge is 0.264 e. The second-order valence-corrected chi connectivity index (χ2v) is 7.08. The van der Waals surface area contributed by atoms with Gasteiger partial charge in [-0.2, -0.15) is 10.2 Å². The van der Waals surface area contributed by atoms with Gasteiger partial charge in [-0.1, -0.05) is 30.7 Å². The molecule has 0 spiro atoms. The lowest BCUT2D eigenvalue weighted by Gasteiger charge is -2.14. The number of aromatic nitrogens is 3. The molecule has 0 atom stereocenters. The summed E-state index contributed by atoms with van der Waals surface area (Å²) in [7, 11) is 1.62. The molecular weight excluding hydrogens is 428 g/mol. The van der Waals surface area contributed by atoms with Crippen molar-refractivity contribution in [3.8, 4) is 17.5 Å². The molecule has 2 aromatic carbocycles. The summed E-state index contributed by atoms with van der Waals surface area (Å²) in [5.41, 5.74) is 12.4. The van der Waals surface area contributed by atoms with E-state index in [1.165, 1.54) is 6.20 Å². The molecule has 0 amide bonds. The number of halogens is 1. The molecule has 0 fully saturated rings. The van der Waals surface area contributed by atoms with Crippen molar-refractivity contribution in [3.63, 3.8) is 0 Å². The van der Waals surface area contributed by atoms with Gasteiger partial charge in [0.25, 0.3) is 5.56 Å². The summed E-state index contributed by atoms with van der Waals surface area (Å²) in [6, 6.07) is 16.8. The van der Waals surface area contributed by atoms with E-state index in [1.807, 2.05) is 55.5 Å². The number of hydrogen-bond acceptors (Lipinski definition) is 7. The number of nitrogens with two attached hydrogens (primary N) is 2. The fourth-order valence-corrected chi connectivity index (χ4v) is 3.41. The van der Waals surface area contributed by atoms with Crippen LogP contribution >= 0.6 is 11.6 Å². The Morgan fingerprint density at radius 1 is 1.19 bits per heavy atom. The average Bonchev–Trinajstić information content (AvgIpc) is 2.79. The van der Waals surface area contributed by atoms with Crippen molar-refractivity contribution in [3.05, 3.63) is 81.4 Å². The van der Waals surface area contributed by atoms with Crippen molar-refractivity contribution in [2.24, 2.45) is 0 Å². The van der Waals surface area contributed by atoms with Crippen LogP contribution in [0.15, 0.2) is 59.5 Å². The highest BCUT2D eigenvalue weighted by Gasteiger charge is 2.12. The molecule has 2 aromatic heterocycles. The van der Waals surface area contributed by atoms with Gasteiger partial charge in [0, 0.05) is 11.4 Å². The summed E-state index contributed by atoms with van der Waals surface area (Å²) in [5.74, 6) is 0.958. The summed E-state index contributed by atoms with van der Waals surface area (Å²) >= 11 is 6.23. The van der Waals surface area contributed by atoms with Gasteiger partial charge in [-0.15, -0.1) is 0 Å². The molecule has 0 radical (unpaired) electrons. The van der Waals surface area contributed by atoms with E-state index in [9.17, 15) is 4.79 Å². The maximum atomic E-state index is 12.9. The lowest BCUT2D eigenvalue weighted by Crippen LogP contribution is -2.22. The highest BCUT2D eigenvalue weighted by molar-refractivity contribution is 6.35. The van der Waals surface area contributed by atoms with Crippen LogP contribution in [0, 0.1) is 11.3 Å². The van der Waals surface area contributed by atoms with Crippen LogP contribution in [-0.2, 0) is 6.42 Å². The predicted octanol–water partition coefficient (Wildman–Crippen LogP) is 3.73. The highest BCUT2D eigenvalue weighted by Crippen LogP contribution is 2.23. The number of benzene rings is 2. The number of nitrogen functional groups attached to an aromatic ring is 2. The van der Waals surface area contributed by atoms with E-state index in [0.717, 1.165) is 28.9 Å². The van der Waals surface area contributed by atoms with E-state index < -0.39 is 0 Å². The topological polar surface area (TPSA) is 133 Å². The first-order chi connectivity index (χ1) is 15.4. The summed E-state index contributed by atoms with van der Waals surface area (Å²) in [5, 5.41) is 10.3. The zero-order valence-corrected chi connectivity index (χ0v) is 18.3. The number of pyridine rings is 1. The zero-order chi connectivity index (χ0) is 23.3. The fourth-order valence-electron chi connectivity index (χ4n) is 3.14. The van der Waals surface area contributed by atoms with Crippen molar-refractivity contribution in [1.82, 2.24) is 14.5 Å². The number of anilines is 2. The molecule has 4 N–H and O–H groups in total. The van der Waals surface area contributed by atoms with Crippen molar-refractivity contribution in [2.45, 2.75) is 13.3 Å². The first-order valence-corrected chi connectivity index (χ1v) is 10.0. The zero-order valence-electron chi connectivity index (χ0n) is 17.5. The minimum absolute atomic E-state index is 0.0801. The molecule has 0 unspecified atom stereocenters. The number of rotatable bonds is 3. The lowest BCUT2D eigenvalue weighted by atomic mass is 10.1. The van der Waals surface area contributed by atoms with Gasteiger partial charge in [-0.05, 0) is 48.2 Å². The minimum Gasteiger partial charge on any atom is -0.497 e. The molecule has 0 saturated carbocycles. The highest BCUT2D eigenvalue weighted by atomic mass is 35.5. The lowest BCUT2D eigenvalue weighted by molar-refractivity contribution is 0.414.